The van der Waals surface area contributed by atoms with Gasteiger partial charge < -0.3 is 14.5 Å². The fourth-order valence-corrected chi connectivity index (χ4v) is 2.88. The van der Waals surface area contributed by atoms with Gasteiger partial charge >= 0.3 is 0 Å². The third-order valence-electron chi connectivity index (χ3n) is 3.80. The molecule has 1 aliphatic heterocycles. The SMILES string of the molecule is C[NH+]1CC[NH+](CCCCOc2cccc(Br)c2)CC1. The third kappa shape index (κ3) is 5.51. The molecule has 0 unspecified atom stereocenters. The fourth-order valence-electron chi connectivity index (χ4n) is 2.50. The number of benzene rings is 1. The van der Waals surface area contributed by atoms with Crippen LogP contribution in [0, 0.1) is 0 Å². The molecule has 0 saturated carbocycles. The molecule has 1 saturated heterocycles. The van der Waals surface area contributed by atoms with E-state index in [4.69, 9.17) is 4.74 Å². The van der Waals surface area contributed by atoms with E-state index >= 15 is 0 Å². The zero-order valence-corrected chi connectivity index (χ0v) is 13.3. The van der Waals surface area contributed by atoms with Crippen LogP contribution in [-0.4, -0.2) is 46.4 Å². The highest BCUT2D eigenvalue weighted by Crippen LogP contribution is 2.17. The molecular formula is C15H25BrN2O+2. The number of hydrogen-bond donors (Lipinski definition) is 2. The van der Waals surface area contributed by atoms with Gasteiger partial charge in [0.15, 0.2) is 0 Å². The van der Waals surface area contributed by atoms with E-state index in [0.717, 1.165) is 23.2 Å². The molecule has 0 atom stereocenters. The molecule has 0 bridgehead atoms. The molecule has 0 radical (unpaired) electrons. The zero-order valence-electron chi connectivity index (χ0n) is 11.8. The first-order valence-electron chi connectivity index (χ1n) is 7.27. The van der Waals surface area contributed by atoms with Gasteiger partial charge in [0.1, 0.15) is 31.9 Å². The van der Waals surface area contributed by atoms with Crippen molar-refractivity contribution in [2.45, 2.75) is 12.8 Å². The van der Waals surface area contributed by atoms with E-state index in [0.29, 0.717) is 0 Å². The van der Waals surface area contributed by atoms with E-state index in [-0.39, 0.29) is 0 Å². The minimum absolute atomic E-state index is 0.828. The number of rotatable bonds is 6. The van der Waals surface area contributed by atoms with Gasteiger partial charge in [0.2, 0.25) is 0 Å². The van der Waals surface area contributed by atoms with Crippen LogP contribution in [0.3, 0.4) is 0 Å². The molecule has 3 nitrogen and oxygen atoms in total. The van der Waals surface area contributed by atoms with Crippen molar-refractivity contribution in [2.24, 2.45) is 0 Å². The predicted molar refractivity (Wildman–Crippen MR) is 81.1 cm³/mol. The summed E-state index contributed by atoms with van der Waals surface area (Å²) in [5.74, 6) is 0.963. The molecule has 1 aromatic rings. The first-order chi connectivity index (χ1) is 9.24. The van der Waals surface area contributed by atoms with Gasteiger partial charge in [-0.25, -0.2) is 0 Å². The topological polar surface area (TPSA) is 18.1 Å². The van der Waals surface area contributed by atoms with Crippen molar-refractivity contribution >= 4 is 15.9 Å². The fraction of sp³-hybridized carbons (Fsp3) is 0.600. The first kappa shape index (κ1) is 14.8. The Bertz CT molecular complexity index is 378. The number of quaternary nitrogens is 2. The van der Waals surface area contributed by atoms with E-state index < -0.39 is 0 Å². The molecule has 106 valence electrons. The lowest BCUT2D eigenvalue weighted by atomic mass is 10.2. The predicted octanol–water partition coefficient (Wildman–Crippen LogP) is 0.0213. The lowest BCUT2D eigenvalue weighted by molar-refractivity contribution is -1.00. The number of ether oxygens (including phenoxy) is 1. The van der Waals surface area contributed by atoms with E-state index in [1.54, 1.807) is 9.80 Å². The van der Waals surface area contributed by atoms with Crippen LogP contribution >= 0.6 is 15.9 Å². The Morgan fingerprint density at radius 2 is 1.95 bits per heavy atom. The minimum atomic E-state index is 0.828. The van der Waals surface area contributed by atoms with Gasteiger partial charge in [-0.2, -0.15) is 0 Å². The van der Waals surface area contributed by atoms with Crippen molar-refractivity contribution in [1.82, 2.24) is 0 Å². The summed E-state index contributed by atoms with van der Waals surface area (Å²) >= 11 is 3.46. The Hall–Kier alpha value is -0.580. The first-order valence-corrected chi connectivity index (χ1v) is 8.06. The summed E-state index contributed by atoms with van der Waals surface area (Å²) in [6.07, 6.45) is 2.42. The summed E-state index contributed by atoms with van der Waals surface area (Å²) in [5.41, 5.74) is 0. The van der Waals surface area contributed by atoms with E-state index in [2.05, 4.69) is 23.0 Å². The average Bonchev–Trinajstić information content (AvgIpc) is 2.41. The lowest BCUT2D eigenvalue weighted by Gasteiger charge is -2.27. The number of likely N-dealkylation sites (N-methyl/N-ethyl adjacent to an activating group) is 1. The van der Waals surface area contributed by atoms with Gasteiger partial charge in [-0.05, 0) is 31.0 Å². The summed E-state index contributed by atoms with van der Waals surface area (Å²) in [4.78, 5) is 3.45. The smallest absolute Gasteiger partial charge is 0.127 e. The Morgan fingerprint density at radius 1 is 1.16 bits per heavy atom. The Kier molecular flexibility index (Phi) is 6.14. The molecule has 1 aliphatic rings. The number of halogens is 1. The van der Waals surface area contributed by atoms with E-state index in [9.17, 15) is 0 Å². The van der Waals surface area contributed by atoms with Gasteiger partial charge in [0, 0.05) is 4.47 Å². The van der Waals surface area contributed by atoms with Gasteiger partial charge in [-0.1, -0.05) is 22.0 Å². The Labute approximate surface area is 124 Å². The molecular weight excluding hydrogens is 304 g/mol. The van der Waals surface area contributed by atoms with Gasteiger partial charge in [0.25, 0.3) is 0 Å². The van der Waals surface area contributed by atoms with Crippen LogP contribution in [0.25, 0.3) is 0 Å². The van der Waals surface area contributed by atoms with Gasteiger partial charge in [-0.3, -0.25) is 0 Å². The van der Waals surface area contributed by atoms with Crippen molar-refractivity contribution in [3.63, 3.8) is 0 Å². The van der Waals surface area contributed by atoms with Crippen LogP contribution in [0.5, 0.6) is 5.75 Å². The maximum Gasteiger partial charge on any atom is 0.127 e. The van der Waals surface area contributed by atoms with Crippen LogP contribution in [0.2, 0.25) is 0 Å². The lowest BCUT2D eigenvalue weighted by Crippen LogP contribution is -3.27. The second-order valence-electron chi connectivity index (χ2n) is 5.47. The van der Waals surface area contributed by atoms with Crippen molar-refractivity contribution < 1.29 is 14.5 Å². The van der Waals surface area contributed by atoms with Crippen LogP contribution in [-0.2, 0) is 0 Å². The molecule has 2 rings (SSSR count). The van der Waals surface area contributed by atoms with Crippen molar-refractivity contribution in [1.29, 1.82) is 0 Å². The standard InChI is InChI=1S/C15H23BrN2O/c1-17-8-10-18(11-9-17)7-2-3-12-19-15-6-4-5-14(16)13-15/h4-6,13H,2-3,7-12H2,1H3/p+2. The van der Waals surface area contributed by atoms with E-state index in [1.165, 1.54) is 39.1 Å². The summed E-state index contributed by atoms with van der Waals surface area (Å²) in [6.45, 7) is 7.44. The maximum atomic E-state index is 5.75. The summed E-state index contributed by atoms with van der Waals surface area (Å²) in [6, 6.07) is 8.06. The second-order valence-corrected chi connectivity index (χ2v) is 6.39. The minimum Gasteiger partial charge on any atom is -0.494 e. The second kappa shape index (κ2) is 7.88. The van der Waals surface area contributed by atoms with Gasteiger partial charge in [0.05, 0.1) is 20.2 Å². The molecule has 0 aliphatic carbocycles. The van der Waals surface area contributed by atoms with Crippen LogP contribution in [0.4, 0.5) is 0 Å². The molecule has 1 aromatic carbocycles. The van der Waals surface area contributed by atoms with E-state index in [1.807, 2.05) is 24.3 Å². The van der Waals surface area contributed by atoms with Crippen molar-refractivity contribution in [3.8, 4) is 5.75 Å². The maximum absolute atomic E-state index is 5.75. The Morgan fingerprint density at radius 3 is 2.68 bits per heavy atom. The van der Waals surface area contributed by atoms with Gasteiger partial charge in [-0.15, -0.1) is 0 Å². The molecule has 2 N–H and O–H groups in total. The monoisotopic (exact) mass is 328 g/mol. The molecule has 0 spiro atoms. The number of nitrogens with one attached hydrogen (secondary N) is 2. The molecule has 1 heterocycles. The highest BCUT2D eigenvalue weighted by Gasteiger charge is 2.18. The molecule has 0 amide bonds. The van der Waals surface area contributed by atoms with Crippen molar-refractivity contribution in [2.75, 3.05) is 46.4 Å². The zero-order chi connectivity index (χ0) is 13.5. The molecule has 0 aromatic heterocycles. The normalized spacial score (nSPS) is 23.3. The average molecular weight is 329 g/mol. The largest absolute Gasteiger partial charge is 0.494 e. The number of hydrogen-bond acceptors (Lipinski definition) is 1. The summed E-state index contributed by atoms with van der Waals surface area (Å²) in [5, 5.41) is 0. The molecule has 19 heavy (non-hydrogen) atoms. The van der Waals surface area contributed by atoms with Crippen LogP contribution in [0.15, 0.2) is 28.7 Å². The molecule has 4 heteroatoms. The quantitative estimate of drug-likeness (QED) is 0.705. The Balaban J connectivity index is 1.55. The number of piperazine rings is 1. The highest BCUT2D eigenvalue weighted by molar-refractivity contribution is 9.10. The van der Waals surface area contributed by atoms with Crippen LogP contribution < -0.4 is 14.5 Å². The molecule has 1 fully saturated rings. The highest BCUT2D eigenvalue weighted by atomic mass is 79.9. The summed E-state index contributed by atoms with van der Waals surface area (Å²) < 4.78 is 6.83. The van der Waals surface area contributed by atoms with Crippen molar-refractivity contribution in [3.05, 3.63) is 28.7 Å². The summed E-state index contributed by atoms with van der Waals surface area (Å²) in [7, 11) is 2.29. The van der Waals surface area contributed by atoms with Crippen LogP contribution in [0.1, 0.15) is 12.8 Å². The number of unbranched alkanes of at least 4 members (excludes halogenated alkanes) is 1. The third-order valence-corrected chi connectivity index (χ3v) is 4.29.